The number of aliphatic carboxylic acids is 1. The monoisotopic (exact) mass is 252 g/mol. The summed E-state index contributed by atoms with van der Waals surface area (Å²) in [5.41, 5.74) is 1.27. The molecule has 18 heavy (non-hydrogen) atoms. The van der Waals surface area contributed by atoms with Crippen LogP contribution in [0.5, 0.6) is 0 Å². The predicted octanol–water partition coefficient (Wildman–Crippen LogP) is 2.20. The molecule has 0 aliphatic heterocycles. The summed E-state index contributed by atoms with van der Waals surface area (Å²) in [6, 6.07) is 4.65. The Bertz CT molecular complexity index is 459. The van der Waals surface area contributed by atoms with Crippen molar-refractivity contribution in [2.75, 3.05) is 18.0 Å². The van der Waals surface area contributed by atoms with Gasteiger partial charge in [0.25, 0.3) is 5.69 Å². The van der Waals surface area contributed by atoms with E-state index in [1.807, 2.05) is 6.92 Å². The van der Waals surface area contributed by atoms with E-state index in [1.165, 1.54) is 6.07 Å². The molecule has 0 heterocycles. The Kier molecular flexibility index (Phi) is 4.65. The van der Waals surface area contributed by atoms with Crippen molar-refractivity contribution in [3.05, 3.63) is 33.9 Å². The molecule has 0 saturated carbocycles. The van der Waals surface area contributed by atoms with E-state index in [1.54, 1.807) is 24.0 Å². The highest BCUT2D eigenvalue weighted by molar-refractivity contribution is 5.74. The van der Waals surface area contributed by atoms with Crippen LogP contribution in [0.15, 0.2) is 18.2 Å². The van der Waals surface area contributed by atoms with E-state index in [-0.39, 0.29) is 12.2 Å². The van der Waals surface area contributed by atoms with Gasteiger partial charge in [-0.05, 0) is 25.5 Å². The van der Waals surface area contributed by atoms with Crippen molar-refractivity contribution >= 4 is 17.3 Å². The van der Waals surface area contributed by atoms with Gasteiger partial charge in [0, 0.05) is 23.9 Å². The summed E-state index contributed by atoms with van der Waals surface area (Å²) in [6.07, 6.45) is 0.809. The van der Waals surface area contributed by atoms with Crippen LogP contribution in [0.25, 0.3) is 0 Å². The number of hydrogen-bond acceptors (Lipinski definition) is 4. The lowest BCUT2D eigenvalue weighted by Crippen LogP contribution is -2.30. The number of nitrogens with zero attached hydrogens (tertiary/aromatic N) is 2. The molecule has 0 atom stereocenters. The quantitative estimate of drug-likeness (QED) is 0.619. The van der Waals surface area contributed by atoms with Crippen molar-refractivity contribution in [2.24, 2.45) is 0 Å². The van der Waals surface area contributed by atoms with Gasteiger partial charge in [-0.3, -0.25) is 14.9 Å². The predicted molar refractivity (Wildman–Crippen MR) is 68.0 cm³/mol. The molecule has 0 radical (unpaired) electrons. The zero-order valence-corrected chi connectivity index (χ0v) is 10.4. The summed E-state index contributed by atoms with van der Waals surface area (Å²) in [4.78, 5) is 22.7. The molecule has 1 aromatic rings. The molecule has 0 aromatic heterocycles. The summed E-state index contributed by atoms with van der Waals surface area (Å²) in [6.45, 7) is 4.09. The van der Waals surface area contributed by atoms with Gasteiger partial charge in [0.2, 0.25) is 0 Å². The molecule has 98 valence electrons. The summed E-state index contributed by atoms with van der Waals surface area (Å²) in [7, 11) is 0. The van der Waals surface area contributed by atoms with Gasteiger partial charge in [0.1, 0.15) is 6.54 Å². The lowest BCUT2D eigenvalue weighted by molar-refractivity contribution is -0.385. The minimum absolute atomic E-state index is 0.0468. The molecule has 1 rings (SSSR count). The number of hydrogen-bond donors (Lipinski definition) is 1. The molecule has 0 saturated heterocycles. The molecule has 0 aliphatic carbocycles. The number of carboxylic acid groups (broad SMARTS) is 1. The number of carboxylic acids is 1. The Labute approximate surface area is 105 Å². The number of rotatable bonds is 6. The van der Waals surface area contributed by atoms with E-state index in [0.717, 1.165) is 6.42 Å². The number of benzene rings is 1. The van der Waals surface area contributed by atoms with Crippen molar-refractivity contribution < 1.29 is 14.8 Å². The van der Waals surface area contributed by atoms with Gasteiger partial charge in [-0.25, -0.2) is 0 Å². The smallest absolute Gasteiger partial charge is 0.323 e. The molecular formula is C12H16N2O4. The zero-order valence-electron chi connectivity index (χ0n) is 10.4. The minimum Gasteiger partial charge on any atom is -0.480 e. The maximum atomic E-state index is 10.8. The molecule has 6 heteroatoms. The summed E-state index contributed by atoms with van der Waals surface area (Å²) < 4.78 is 0. The van der Waals surface area contributed by atoms with Crippen LogP contribution < -0.4 is 4.90 Å². The van der Waals surface area contributed by atoms with Crippen LogP contribution in [0, 0.1) is 17.0 Å². The highest BCUT2D eigenvalue weighted by atomic mass is 16.6. The standard InChI is InChI=1S/C12H16N2O4/c1-3-6-13(8-12(15)16)10-4-5-11(14(17)18)9(2)7-10/h4-5,7H,3,6,8H2,1-2H3,(H,15,16). The normalized spacial score (nSPS) is 10.1. The van der Waals surface area contributed by atoms with Crippen LogP contribution in [-0.2, 0) is 4.79 Å². The third-order valence-electron chi connectivity index (χ3n) is 2.56. The van der Waals surface area contributed by atoms with Gasteiger partial charge in [-0.15, -0.1) is 0 Å². The van der Waals surface area contributed by atoms with Crippen molar-refractivity contribution in [3.8, 4) is 0 Å². The third-order valence-corrected chi connectivity index (χ3v) is 2.56. The number of aryl methyl sites for hydroxylation is 1. The van der Waals surface area contributed by atoms with Crippen LogP contribution in [0.2, 0.25) is 0 Å². The van der Waals surface area contributed by atoms with Gasteiger partial charge < -0.3 is 10.0 Å². The number of anilines is 1. The lowest BCUT2D eigenvalue weighted by Gasteiger charge is -2.22. The third kappa shape index (κ3) is 3.44. The van der Waals surface area contributed by atoms with Crippen LogP contribution in [0.4, 0.5) is 11.4 Å². The van der Waals surface area contributed by atoms with Crippen molar-refractivity contribution in [1.29, 1.82) is 0 Å². The van der Waals surface area contributed by atoms with Crippen molar-refractivity contribution in [3.63, 3.8) is 0 Å². The molecule has 0 aliphatic rings. The topological polar surface area (TPSA) is 83.7 Å². The second-order valence-electron chi connectivity index (χ2n) is 4.04. The van der Waals surface area contributed by atoms with E-state index >= 15 is 0 Å². The highest BCUT2D eigenvalue weighted by Crippen LogP contribution is 2.24. The van der Waals surface area contributed by atoms with Gasteiger partial charge in [-0.2, -0.15) is 0 Å². The second-order valence-corrected chi connectivity index (χ2v) is 4.04. The molecule has 1 N–H and O–H groups in total. The van der Waals surface area contributed by atoms with E-state index in [0.29, 0.717) is 17.8 Å². The SMILES string of the molecule is CCCN(CC(=O)O)c1ccc([N+](=O)[O-])c(C)c1. The van der Waals surface area contributed by atoms with Crippen molar-refractivity contribution in [2.45, 2.75) is 20.3 Å². The molecule has 6 nitrogen and oxygen atoms in total. The second kappa shape index (κ2) is 6.00. The fraction of sp³-hybridized carbons (Fsp3) is 0.417. The van der Waals surface area contributed by atoms with E-state index in [9.17, 15) is 14.9 Å². The number of carbonyl (C=O) groups is 1. The Hall–Kier alpha value is -2.11. The van der Waals surface area contributed by atoms with Crippen LogP contribution in [0.3, 0.4) is 0 Å². The first-order valence-electron chi connectivity index (χ1n) is 5.67. The minimum atomic E-state index is -0.917. The van der Waals surface area contributed by atoms with Gasteiger partial charge in [0.05, 0.1) is 4.92 Å². The zero-order chi connectivity index (χ0) is 13.7. The molecule has 0 fully saturated rings. The fourth-order valence-electron chi connectivity index (χ4n) is 1.77. The Morgan fingerprint density at radius 3 is 2.61 bits per heavy atom. The Morgan fingerprint density at radius 2 is 2.17 bits per heavy atom. The van der Waals surface area contributed by atoms with E-state index < -0.39 is 10.9 Å². The number of nitro benzene ring substituents is 1. The largest absolute Gasteiger partial charge is 0.480 e. The maximum Gasteiger partial charge on any atom is 0.323 e. The summed E-state index contributed by atoms with van der Waals surface area (Å²) in [5, 5.41) is 19.5. The number of nitro groups is 1. The van der Waals surface area contributed by atoms with Gasteiger partial charge >= 0.3 is 5.97 Å². The summed E-state index contributed by atoms with van der Waals surface area (Å²) in [5.74, 6) is -0.917. The fourth-order valence-corrected chi connectivity index (χ4v) is 1.77. The molecular weight excluding hydrogens is 236 g/mol. The Morgan fingerprint density at radius 1 is 1.50 bits per heavy atom. The van der Waals surface area contributed by atoms with Crippen LogP contribution >= 0.6 is 0 Å². The summed E-state index contributed by atoms with van der Waals surface area (Å²) >= 11 is 0. The molecule has 0 bridgehead atoms. The molecule has 0 unspecified atom stereocenters. The van der Waals surface area contributed by atoms with Crippen LogP contribution in [0.1, 0.15) is 18.9 Å². The first-order chi connectivity index (χ1) is 8.45. The average molecular weight is 252 g/mol. The van der Waals surface area contributed by atoms with E-state index in [2.05, 4.69) is 0 Å². The highest BCUT2D eigenvalue weighted by Gasteiger charge is 2.14. The maximum absolute atomic E-state index is 10.8. The molecule has 1 aromatic carbocycles. The van der Waals surface area contributed by atoms with Gasteiger partial charge in [0.15, 0.2) is 0 Å². The average Bonchev–Trinajstić information content (AvgIpc) is 2.27. The van der Waals surface area contributed by atoms with Crippen molar-refractivity contribution in [1.82, 2.24) is 0 Å². The lowest BCUT2D eigenvalue weighted by atomic mass is 10.1. The Balaban J connectivity index is 3.02. The molecule has 0 spiro atoms. The van der Waals surface area contributed by atoms with Crippen LogP contribution in [-0.4, -0.2) is 29.1 Å². The van der Waals surface area contributed by atoms with E-state index in [4.69, 9.17) is 5.11 Å². The first kappa shape index (κ1) is 14.0. The molecule has 0 amide bonds. The van der Waals surface area contributed by atoms with Gasteiger partial charge in [-0.1, -0.05) is 6.92 Å². The first-order valence-corrected chi connectivity index (χ1v) is 5.67.